The monoisotopic (exact) mass is 444 g/mol. The van der Waals surface area contributed by atoms with Gasteiger partial charge < -0.3 is 10.1 Å². The smallest absolute Gasteiger partial charge is 0.261 e. The summed E-state index contributed by atoms with van der Waals surface area (Å²) in [6.07, 6.45) is 0. The number of hydrogen-bond donors (Lipinski definition) is 2. The average molecular weight is 445 g/mol. The van der Waals surface area contributed by atoms with Crippen LogP contribution in [0.3, 0.4) is 0 Å². The Morgan fingerprint density at radius 2 is 1.73 bits per heavy atom. The van der Waals surface area contributed by atoms with Crippen molar-refractivity contribution >= 4 is 38.9 Å². The molecule has 3 aromatic carbocycles. The third-order valence-electron chi connectivity index (χ3n) is 4.21. The first-order valence-corrected chi connectivity index (χ1v) is 11.1. The molecule has 0 heterocycles. The molecule has 0 unspecified atom stereocenters. The van der Waals surface area contributed by atoms with Gasteiger partial charge in [-0.15, -0.1) is 0 Å². The number of ether oxygens (including phenoxy) is 1. The Labute approximate surface area is 180 Å². The van der Waals surface area contributed by atoms with E-state index in [1.807, 2.05) is 26.0 Å². The molecule has 0 bridgehead atoms. The third-order valence-corrected chi connectivity index (χ3v) is 5.89. The normalized spacial score (nSPS) is 11.0. The van der Waals surface area contributed by atoms with Gasteiger partial charge in [0.15, 0.2) is 5.75 Å². The van der Waals surface area contributed by atoms with Crippen molar-refractivity contribution in [2.75, 3.05) is 16.6 Å². The molecule has 3 rings (SSSR count). The van der Waals surface area contributed by atoms with E-state index in [9.17, 15) is 13.2 Å². The van der Waals surface area contributed by atoms with E-state index in [1.165, 1.54) is 24.3 Å². The van der Waals surface area contributed by atoms with E-state index in [0.29, 0.717) is 28.8 Å². The molecular weight excluding hydrogens is 424 g/mol. The fraction of sp³-hybridized carbons (Fsp3) is 0.136. The molecule has 0 atom stereocenters. The zero-order chi connectivity index (χ0) is 21.7. The molecule has 0 fully saturated rings. The third kappa shape index (κ3) is 5.11. The number of hydrogen-bond acceptors (Lipinski definition) is 4. The minimum absolute atomic E-state index is 0.0214. The summed E-state index contributed by atoms with van der Waals surface area (Å²) in [5.41, 5.74) is 2.05. The Hall–Kier alpha value is -3.03. The second-order valence-electron chi connectivity index (χ2n) is 6.50. The van der Waals surface area contributed by atoms with Gasteiger partial charge in [0, 0.05) is 11.3 Å². The number of amides is 1. The van der Waals surface area contributed by atoms with Gasteiger partial charge in [0.2, 0.25) is 0 Å². The van der Waals surface area contributed by atoms with Crippen LogP contribution >= 0.6 is 11.6 Å². The van der Waals surface area contributed by atoms with Crippen molar-refractivity contribution in [3.05, 3.63) is 82.9 Å². The van der Waals surface area contributed by atoms with Crippen LogP contribution in [0, 0.1) is 6.92 Å². The van der Waals surface area contributed by atoms with Gasteiger partial charge in [0.05, 0.1) is 22.2 Å². The van der Waals surface area contributed by atoms with Gasteiger partial charge in [-0.2, -0.15) is 0 Å². The predicted octanol–water partition coefficient (Wildman–Crippen LogP) is 5.10. The van der Waals surface area contributed by atoms with Crippen LogP contribution in [0.15, 0.2) is 71.6 Å². The first-order valence-electron chi connectivity index (χ1n) is 9.22. The van der Waals surface area contributed by atoms with Crippen LogP contribution in [0.25, 0.3) is 0 Å². The molecule has 0 aliphatic carbocycles. The molecule has 0 saturated heterocycles. The summed E-state index contributed by atoms with van der Waals surface area (Å²) in [6, 6.07) is 17.8. The molecular formula is C22H21ClN2O4S. The van der Waals surface area contributed by atoms with Crippen LogP contribution in [0.1, 0.15) is 22.8 Å². The lowest BCUT2D eigenvalue weighted by molar-refractivity contribution is 0.102. The van der Waals surface area contributed by atoms with Gasteiger partial charge >= 0.3 is 0 Å². The number of para-hydroxylation sites is 1. The van der Waals surface area contributed by atoms with E-state index >= 15 is 0 Å². The number of carbonyl (C=O) groups is 1. The maximum atomic E-state index is 12.7. The molecule has 0 saturated carbocycles. The summed E-state index contributed by atoms with van der Waals surface area (Å²) in [5.74, 6) is -0.120. The molecule has 156 valence electrons. The van der Waals surface area contributed by atoms with Crippen molar-refractivity contribution < 1.29 is 17.9 Å². The van der Waals surface area contributed by atoms with Gasteiger partial charge in [0.1, 0.15) is 0 Å². The van der Waals surface area contributed by atoms with Gasteiger partial charge in [-0.1, -0.05) is 41.4 Å². The zero-order valence-electron chi connectivity index (χ0n) is 16.5. The van der Waals surface area contributed by atoms with Crippen LogP contribution in [0.4, 0.5) is 11.4 Å². The lowest BCUT2D eigenvalue weighted by Crippen LogP contribution is -2.16. The Morgan fingerprint density at radius 1 is 1.03 bits per heavy atom. The fourth-order valence-corrected chi connectivity index (χ4v) is 4.07. The standard InChI is InChI=1S/C22H21ClN2O4S/c1-3-29-21-19(23)8-5-9-20(21)24-22(26)16-6-4-7-18(14-16)30(27,28)25-17-12-10-15(2)11-13-17/h4-14,25H,3H2,1-2H3,(H,24,26). The lowest BCUT2D eigenvalue weighted by atomic mass is 10.2. The maximum absolute atomic E-state index is 12.7. The van der Waals surface area contributed by atoms with Crippen LogP contribution in [-0.4, -0.2) is 20.9 Å². The minimum Gasteiger partial charge on any atom is -0.490 e. The Morgan fingerprint density at radius 3 is 2.43 bits per heavy atom. The quantitative estimate of drug-likeness (QED) is 0.531. The van der Waals surface area contributed by atoms with E-state index in [-0.39, 0.29) is 10.5 Å². The van der Waals surface area contributed by atoms with Crippen LogP contribution in [-0.2, 0) is 10.0 Å². The van der Waals surface area contributed by atoms with E-state index in [0.717, 1.165) is 5.56 Å². The number of benzene rings is 3. The highest BCUT2D eigenvalue weighted by Crippen LogP contribution is 2.33. The molecule has 0 aliphatic heterocycles. The van der Waals surface area contributed by atoms with Crippen LogP contribution in [0.2, 0.25) is 5.02 Å². The Balaban J connectivity index is 1.84. The van der Waals surface area contributed by atoms with E-state index in [2.05, 4.69) is 10.0 Å². The van der Waals surface area contributed by atoms with E-state index in [1.54, 1.807) is 30.3 Å². The molecule has 3 aromatic rings. The molecule has 30 heavy (non-hydrogen) atoms. The summed E-state index contributed by atoms with van der Waals surface area (Å²) in [6.45, 7) is 4.10. The molecule has 6 nitrogen and oxygen atoms in total. The van der Waals surface area contributed by atoms with Gasteiger partial charge in [-0.3, -0.25) is 9.52 Å². The SMILES string of the molecule is CCOc1c(Cl)cccc1NC(=O)c1cccc(S(=O)(=O)Nc2ccc(C)cc2)c1. The summed E-state index contributed by atoms with van der Waals surface area (Å²) in [5, 5.41) is 3.09. The first-order chi connectivity index (χ1) is 14.3. The van der Waals surface area contributed by atoms with E-state index < -0.39 is 15.9 Å². The summed E-state index contributed by atoms with van der Waals surface area (Å²) >= 11 is 6.15. The topological polar surface area (TPSA) is 84.5 Å². The Kier molecular flexibility index (Phi) is 6.64. The van der Waals surface area contributed by atoms with Gasteiger partial charge in [0.25, 0.3) is 15.9 Å². The van der Waals surface area contributed by atoms with Gasteiger partial charge in [-0.05, 0) is 56.3 Å². The van der Waals surface area contributed by atoms with Crippen molar-refractivity contribution in [3.8, 4) is 5.75 Å². The summed E-state index contributed by atoms with van der Waals surface area (Å²) in [7, 11) is -3.85. The summed E-state index contributed by atoms with van der Waals surface area (Å²) in [4.78, 5) is 12.7. The number of aryl methyl sites for hydroxylation is 1. The van der Waals surface area contributed by atoms with Crippen molar-refractivity contribution in [2.24, 2.45) is 0 Å². The second-order valence-corrected chi connectivity index (χ2v) is 8.59. The summed E-state index contributed by atoms with van der Waals surface area (Å²) < 4.78 is 33.5. The van der Waals surface area contributed by atoms with Crippen molar-refractivity contribution in [1.29, 1.82) is 0 Å². The number of halogens is 1. The highest BCUT2D eigenvalue weighted by Gasteiger charge is 2.18. The molecule has 0 aliphatic rings. The molecule has 8 heteroatoms. The largest absolute Gasteiger partial charge is 0.490 e. The fourth-order valence-electron chi connectivity index (χ4n) is 2.73. The average Bonchev–Trinajstić information content (AvgIpc) is 2.72. The lowest BCUT2D eigenvalue weighted by Gasteiger charge is -2.13. The molecule has 0 radical (unpaired) electrons. The molecule has 2 N–H and O–H groups in total. The number of sulfonamides is 1. The maximum Gasteiger partial charge on any atom is 0.261 e. The molecule has 1 amide bonds. The zero-order valence-corrected chi connectivity index (χ0v) is 18.0. The minimum atomic E-state index is -3.85. The van der Waals surface area contributed by atoms with E-state index in [4.69, 9.17) is 16.3 Å². The highest BCUT2D eigenvalue weighted by molar-refractivity contribution is 7.92. The number of carbonyl (C=O) groups excluding carboxylic acids is 1. The van der Waals surface area contributed by atoms with Crippen molar-refractivity contribution in [3.63, 3.8) is 0 Å². The van der Waals surface area contributed by atoms with Crippen molar-refractivity contribution in [1.82, 2.24) is 0 Å². The molecule has 0 spiro atoms. The Bertz CT molecular complexity index is 1160. The van der Waals surface area contributed by atoms with Crippen LogP contribution in [0.5, 0.6) is 5.75 Å². The number of anilines is 2. The molecule has 0 aromatic heterocycles. The van der Waals surface area contributed by atoms with Gasteiger partial charge in [-0.25, -0.2) is 8.42 Å². The number of nitrogens with one attached hydrogen (secondary N) is 2. The second kappa shape index (κ2) is 9.19. The first kappa shape index (κ1) is 21.7. The predicted molar refractivity (Wildman–Crippen MR) is 119 cm³/mol. The number of rotatable bonds is 7. The highest BCUT2D eigenvalue weighted by atomic mass is 35.5. The van der Waals surface area contributed by atoms with Crippen molar-refractivity contribution in [2.45, 2.75) is 18.7 Å². The van der Waals surface area contributed by atoms with Crippen LogP contribution < -0.4 is 14.8 Å².